The number of urea groups is 1. The summed E-state index contributed by atoms with van der Waals surface area (Å²) in [6, 6.07) is 15.1. The van der Waals surface area contributed by atoms with Crippen molar-refractivity contribution in [1.82, 2.24) is 15.2 Å². The molecule has 172 valence electrons. The minimum absolute atomic E-state index is 0.339. The Hall–Kier alpha value is -3.98. The summed E-state index contributed by atoms with van der Waals surface area (Å²) in [6.45, 7) is 0.697. The van der Waals surface area contributed by atoms with E-state index in [1.807, 2.05) is 19.0 Å². The van der Waals surface area contributed by atoms with Crippen molar-refractivity contribution in [2.75, 3.05) is 37.0 Å². The number of carbonyl (C=O) groups excluding carboxylic acids is 2. The molecule has 1 aromatic heterocycles. The summed E-state index contributed by atoms with van der Waals surface area (Å²) in [5.41, 5.74) is 8.17. The van der Waals surface area contributed by atoms with Crippen molar-refractivity contribution < 1.29 is 14.0 Å². The summed E-state index contributed by atoms with van der Waals surface area (Å²) in [7, 11) is 3.86. The smallest absolute Gasteiger partial charge is 0.319 e. The van der Waals surface area contributed by atoms with Gasteiger partial charge in [-0.25, -0.2) is 9.18 Å². The molecule has 0 radical (unpaired) electrons. The zero-order valence-corrected chi connectivity index (χ0v) is 18.5. The highest BCUT2D eigenvalue weighted by Crippen LogP contribution is 2.19. The van der Waals surface area contributed by atoms with Crippen LogP contribution in [0.1, 0.15) is 28.5 Å². The molecular weight excluding hydrogens is 423 g/mol. The number of para-hydroxylation sites is 2. The normalized spacial score (nSPS) is 11.6. The first-order chi connectivity index (χ1) is 15.8. The summed E-state index contributed by atoms with van der Waals surface area (Å²) in [4.78, 5) is 31.4. The van der Waals surface area contributed by atoms with E-state index in [0.717, 1.165) is 0 Å². The molecule has 3 aromatic rings. The number of carbonyl (C=O) groups is 2. The third-order valence-electron chi connectivity index (χ3n) is 4.87. The maximum absolute atomic E-state index is 13.4. The summed E-state index contributed by atoms with van der Waals surface area (Å²) in [6.07, 6.45) is 2.04. The number of nitrogens with zero attached hydrogens (tertiary/aromatic N) is 2. The average molecular weight is 451 g/mol. The molecular formula is C24H27FN6O2. The van der Waals surface area contributed by atoms with Crippen LogP contribution in [0, 0.1) is 5.82 Å². The van der Waals surface area contributed by atoms with E-state index in [4.69, 9.17) is 5.73 Å². The molecule has 9 heteroatoms. The van der Waals surface area contributed by atoms with E-state index >= 15 is 0 Å². The van der Waals surface area contributed by atoms with Gasteiger partial charge >= 0.3 is 6.03 Å². The van der Waals surface area contributed by atoms with Crippen LogP contribution in [0.2, 0.25) is 0 Å². The van der Waals surface area contributed by atoms with E-state index in [1.54, 1.807) is 42.5 Å². The van der Waals surface area contributed by atoms with Crippen molar-refractivity contribution in [1.29, 1.82) is 0 Å². The van der Waals surface area contributed by atoms with Crippen LogP contribution in [0.25, 0.3) is 0 Å². The van der Waals surface area contributed by atoms with Gasteiger partial charge < -0.3 is 26.6 Å². The van der Waals surface area contributed by atoms with E-state index in [0.29, 0.717) is 41.3 Å². The molecule has 0 aliphatic carbocycles. The molecule has 0 spiro atoms. The second-order valence-electron chi connectivity index (χ2n) is 7.77. The van der Waals surface area contributed by atoms with Gasteiger partial charge in [-0.15, -0.1) is 0 Å². The number of aromatic nitrogens is 1. The van der Waals surface area contributed by atoms with Gasteiger partial charge in [-0.1, -0.05) is 18.2 Å². The zero-order chi connectivity index (χ0) is 23.8. The Morgan fingerprint density at radius 2 is 1.85 bits per heavy atom. The lowest BCUT2D eigenvalue weighted by Crippen LogP contribution is -2.34. The molecule has 1 heterocycles. The third-order valence-corrected chi connectivity index (χ3v) is 4.87. The molecule has 0 bridgehead atoms. The number of rotatable bonds is 8. The monoisotopic (exact) mass is 450 g/mol. The van der Waals surface area contributed by atoms with Crippen LogP contribution in [0.4, 0.5) is 26.2 Å². The number of nitrogens with one attached hydrogen (secondary N) is 3. The van der Waals surface area contributed by atoms with Gasteiger partial charge in [-0.2, -0.15) is 0 Å². The summed E-state index contributed by atoms with van der Waals surface area (Å²) in [5.74, 6) is -0.779. The Kier molecular flexibility index (Phi) is 7.93. The van der Waals surface area contributed by atoms with Gasteiger partial charge in [0, 0.05) is 11.9 Å². The van der Waals surface area contributed by atoms with Gasteiger partial charge in [-0.05, 0) is 69.5 Å². The van der Waals surface area contributed by atoms with Crippen LogP contribution >= 0.6 is 0 Å². The number of nitrogens with two attached hydrogens (primary N) is 1. The Labute approximate surface area is 192 Å². The highest BCUT2D eigenvalue weighted by atomic mass is 19.1. The maximum atomic E-state index is 13.4. The summed E-state index contributed by atoms with van der Waals surface area (Å²) < 4.78 is 13.4. The van der Waals surface area contributed by atoms with Crippen LogP contribution in [-0.2, 0) is 0 Å². The highest BCUT2D eigenvalue weighted by molar-refractivity contribution is 6.05. The molecule has 0 aliphatic rings. The van der Waals surface area contributed by atoms with E-state index in [-0.39, 0.29) is 5.91 Å². The number of hydrogen-bond acceptors (Lipinski definition) is 5. The van der Waals surface area contributed by atoms with Gasteiger partial charge in [0.05, 0.1) is 28.7 Å². The fraction of sp³-hybridized carbons (Fsp3) is 0.208. The van der Waals surface area contributed by atoms with Crippen molar-refractivity contribution >= 4 is 29.0 Å². The topological polar surface area (TPSA) is 112 Å². The largest absolute Gasteiger partial charge is 0.397 e. The number of pyridine rings is 1. The van der Waals surface area contributed by atoms with Crippen molar-refractivity contribution in [2.45, 2.75) is 12.5 Å². The number of anilines is 3. The van der Waals surface area contributed by atoms with Crippen molar-refractivity contribution in [3.8, 4) is 0 Å². The zero-order valence-electron chi connectivity index (χ0n) is 18.5. The first-order valence-corrected chi connectivity index (χ1v) is 10.4. The van der Waals surface area contributed by atoms with Gasteiger partial charge in [0.25, 0.3) is 5.91 Å². The lowest BCUT2D eigenvalue weighted by atomic mass is 10.1. The van der Waals surface area contributed by atoms with Gasteiger partial charge in [0.15, 0.2) is 0 Å². The Bertz CT molecular complexity index is 1100. The first kappa shape index (κ1) is 23.7. The predicted octanol–water partition coefficient (Wildman–Crippen LogP) is 3.87. The van der Waals surface area contributed by atoms with E-state index < -0.39 is 17.9 Å². The number of halogens is 1. The average Bonchev–Trinajstić information content (AvgIpc) is 2.78. The highest BCUT2D eigenvalue weighted by Gasteiger charge is 2.18. The van der Waals surface area contributed by atoms with Gasteiger partial charge in [-0.3, -0.25) is 9.78 Å². The maximum Gasteiger partial charge on any atom is 0.319 e. The lowest BCUT2D eigenvalue weighted by molar-refractivity contribution is 0.102. The van der Waals surface area contributed by atoms with Crippen molar-refractivity contribution in [3.63, 3.8) is 0 Å². The SMILES string of the molecule is CN(C)CCC(NC(=O)Nc1cccc(F)c1)c1ccc(C(=O)Nc2ccccc2N)cn1. The molecule has 5 N–H and O–H groups in total. The van der Waals surface area contributed by atoms with Crippen LogP contribution in [-0.4, -0.2) is 42.5 Å². The molecule has 0 fully saturated rings. The molecule has 8 nitrogen and oxygen atoms in total. The molecule has 1 unspecified atom stereocenters. The fourth-order valence-corrected chi connectivity index (χ4v) is 3.12. The minimum atomic E-state index is -0.479. The number of amides is 3. The van der Waals surface area contributed by atoms with E-state index in [1.165, 1.54) is 24.4 Å². The van der Waals surface area contributed by atoms with Crippen LogP contribution in [0.5, 0.6) is 0 Å². The third kappa shape index (κ3) is 7.01. The van der Waals surface area contributed by atoms with Crippen molar-refractivity contribution in [3.05, 3.63) is 83.9 Å². The van der Waals surface area contributed by atoms with Crippen LogP contribution < -0.4 is 21.7 Å². The predicted molar refractivity (Wildman–Crippen MR) is 128 cm³/mol. The molecule has 33 heavy (non-hydrogen) atoms. The minimum Gasteiger partial charge on any atom is -0.397 e. The standard InChI is InChI=1S/C24H27FN6O2/c1-31(2)13-12-22(30-24(33)28-18-7-5-6-17(25)14-18)21-11-10-16(15-27-21)23(32)29-20-9-4-3-8-19(20)26/h3-11,14-15,22H,12-13,26H2,1-2H3,(H,29,32)(H2,28,30,33). The van der Waals surface area contributed by atoms with Gasteiger partial charge in [0.1, 0.15) is 5.82 Å². The van der Waals surface area contributed by atoms with Gasteiger partial charge in [0.2, 0.25) is 0 Å². The molecule has 0 aliphatic heterocycles. The quantitative estimate of drug-likeness (QED) is 0.389. The Morgan fingerprint density at radius 3 is 2.52 bits per heavy atom. The number of hydrogen-bond donors (Lipinski definition) is 4. The first-order valence-electron chi connectivity index (χ1n) is 10.4. The molecule has 3 amide bonds. The molecule has 0 saturated carbocycles. The fourth-order valence-electron chi connectivity index (χ4n) is 3.12. The Morgan fingerprint density at radius 1 is 1.06 bits per heavy atom. The number of benzene rings is 2. The molecule has 1 atom stereocenters. The Balaban J connectivity index is 1.70. The van der Waals surface area contributed by atoms with E-state index in [9.17, 15) is 14.0 Å². The van der Waals surface area contributed by atoms with Crippen LogP contribution in [0.15, 0.2) is 66.9 Å². The van der Waals surface area contributed by atoms with Crippen LogP contribution in [0.3, 0.4) is 0 Å². The van der Waals surface area contributed by atoms with Crippen molar-refractivity contribution in [2.24, 2.45) is 0 Å². The second-order valence-corrected chi connectivity index (χ2v) is 7.77. The summed E-state index contributed by atoms with van der Waals surface area (Å²) in [5, 5.41) is 8.26. The number of nitrogen functional groups attached to an aromatic ring is 1. The van der Waals surface area contributed by atoms with E-state index in [2.05, 4.69) is 20.9 Å². The molecule has 3 rings (SSSR count). The lowest BCUT2D eigenvalue weighted by Gasteiger charge is -2.21. The second kappa shape index (κ2) is 11.1. The molecule has 0 saturated heterocycles. The summed E-state index contributed by atoms with van der Waals surface area (Å²) >= 11 is 0. The molecule has 2 aromatic carbocycles.